The highest BCUT2D eigenvalue weighted by atomic mass is 35.5. The summed E-state index contributed by atoms with van der Waals surface area (Å²) in [4.78, 5) is 28.8. The van der Waals surface area contributed by atoms with Gasteiger partial charge in [-0.05, 0) is 78.5 Å². The number of hydrogen-bond acceptors (Lipinski definition) is 4. The predicted molar refractivity (Wildman–Crippen MR) is 130 cm³/mol. The molecule has 8 heteroatoms. The molecule has 1 heterocycles. The average Bonchev–Trinajstić information content (AvgIpc) is 2.74. The molecule has 1 N–H and O–H groups in total. The van der Waals surface area contributed by atoms with Crippen LogP contribution in [0.25, 0.3) is 6.08 Å². The summed E-state index contributed by atoms with van der Waals surface area (Å²) in [6.45, 7) is 0. The summed E-state index contributed by atoms with van der Waals surface area (Å²) in [6, 6.07) is 21.8. The van der Waals surface area contributed by atoms with Crippen LogP contribution in [0.15, 0.2) is 88.2 Å². The number of halogens is 2. The highest BCUT2D eigenvalue weighted by molar-refractivity contribution is 7.99. The molecule has 1 aliphatic rings. The first-order valence-electron chi connectivity index (χ1n) is 9.11. The summed E-state index contributed by atoms with van der Waals surface area (Å²) in [7, 11) is 0. The molecule has 1 aliphatic heterocycles. The Morgan fingerprint density at radius 3 is 2.16 bits per heavy atom. The number of rotatable bonds is 4. The van der Waals surface area contributed by atoms with E-state index >= 15 is 0 Å². The van der Waals surface area contributed by atoms with Crippen LogP contribution >= 0.6 is 47.2 Å². The van der Waals surface area contributed by atoms with Crippen molar-refractivity contribution in [2.45, 2.75) is 9.79 Å². The Bertz CT molecular complexity index is 1210. The van der Waals surface area contributed by atoms with Crippen LogP contribution in [0.3, 0.4) is 0 Å². The number of hydrogen-bond donors (Lipinski definition) is 1. The number of carbonyl (C=O) groups excluding carboxylic acids is 2. The van der Waals surface area contributed by atoms with E-state index in [2.05, 4.69) is 5.32 Å². The molecular weight excluding hydrogens is 471 g/mol. The van der Waals surface area contributed by atoms with Gasteiger partial charge in [0.15, 0.2) is 5.11 Å². The van der Waals surface area contributed by atoms with Crippen molar-refractivity contribution in [2.24, 2.45) is 0 Å². The lowest BCUT2D eigenvalue weighted by Gasteiger charge is -2.29. The molecule has 1 fully saturated rings. The van der Waals surface area contributed by atoms with Gasteiger partial charge in [0, 0.05) is 19.8 Å². The lowest BCUT2D eigenvalue weighted by Crippen LogP contribution is -2.54. The third kappa shape index (κ3) is 4.99. The van der Waals surface area contributed by atoms with Crippen molar-refractivity contribution in [3.05, 3.63) is 94.0 Å². The Morgan fingerprint density at radius 1 is 0.871 bits per heavy atom. The molecule has 0 aliphatic carbocycles. The molecule has 154 valence electrons. The molecule has 0 saturated carbocycles. The second kappa shape index (κ2) is 9.24. The highest BCUT2D eigenvalue weighted by Gasteiger charge is 2.34. The Hall–Kier alpha value is -2.64. The van der Waals surface area contributed by atoms with Gasteiger partial charge in [0.25, 0.3) is 11.8 Å². The van der Waals surface area contributed by atoms with E-state index in [9.17, 15) is 9.59 Å². The largest absolute Gasteiger partial charge is 0.298 e. The van der Waals surface area contributed by atoms with Crippen LogP contribution in [0, 0.1) is 0 Å². The fourth-order valence-electron chi connectivity index (χ4n) is 2.94. The second-order valence-electron chi connectivity index (χ2n) is 6.56. The zero-order valence-electron chi connectivity index (χ0n) is 15.8. The lowest BCUT2D eigenvalue weighted by molar-refractivity contribution is -0.122. The van der Waals surface area contributed by atoms with Gasteiger partial charge in [-0.2, -0.15) is 0 Å². The maximum atomic E-state index is 13.0. The van der Waals surface area contributed by atoms with Crippen LogP contribution < -0.4 is 10.2 Å². The van der Waals surface area contributed by atoms with Crippen molar-refractivity contribution < 1.29 is 9.59 Å². The molecule has 0 aromatic heterocycles. The van der Waals surface area contributed by atoms with E-state index in [1.54, 1.807) is 42.1 Å². The molecule has 3 aromatic rings. The minimum absolute atomic E-state index is 0.00770. The Morgan fingerprint density at radius 2 is 1.52 bits per heavy atom. The SMILES string of the molecule is O=C1NC(=S)N(c2cccc(Cl)c2)C(=O)/C1=C/c1ccc(Sc2ccc(Cl)cc2)cc1. The van der Waals surface area contributed by atoms with Crippen molar-refractivity contribution >= 4 is 75.9 Å². The quantitative estimate of drug-likeness (QED) is 0.281. The van der Waals surface area contributed by atoms with E-state index in [4.69, 9.17) is 35.4 Å². The minimum atomic E-state index is -0.534. The van der Waals surface area contributed by atoms with Crippen LogP contribution in [-0.2, 0) is 9.59 Å². The second-order valence-corrected chi connectivity index (χ2v) is 8.97. The Balaban J connectivity index is 1.57. The van der Waals surface area contributed by atoms with Crippen LogP contribution in [-0.4, -0.2) is 16.9 Å². The number of carbonyl (C=O) groups is 2. The van der Waals surface area contributed by atoms with Gasteiger partial charge in [0.05, 0.1) is 5.69 Å². The monoisotopic (exact) mass is 484 g/mol. The maximum Gasteiger partial charge on any atom is 0.270 e. The van der Waals surface area contributed by atoms with Gasteiger partial charge < -0.3 is 0 Å². The summed E-state index contributed by atoms with van der Waals surface area (Å²) in [5, 5.41) is 3.74. The van der Waals surface area contributed by atoms with E-state index in [-0.39, 0.29) is 10.7 Å². The Kier molecular flexibility index (Phi) is 6.43. The molecule has 4 rings (SSSR count). The van der Waals surface area contributed by atoms with Gasteiger partial charge in [-0.3, -0.25) is 19.8 Å². The number of benzene rings is 3. The molecular formula is C23H14Cl2N2O2S2. The fraction of sp³-hybridized carbons (Fsp3) is 0. The van der Waals surface area contributed by atoms with E-state index in [1.165, 1.54) is 4.90 Å². The molecule has 1 saturated heterocycles. The average molecular weight is 485 g/mol. The third-order valence-corrected chi connectivity index (χ3v) is 6.20. The zero-order chi connectivity index (χ0) is 22.0. The maximum absolute atomic E-state index is 13.0. The minimum Gasteiger partial charge on any atom is -0.298 e. The van der Waals surface area contributed by atoms with Gasteiger partial charge in [0.1, 0.15) is 5.57 Å². The van der Waals surface area contributed by atoms with Crippen molar-refractivity contribution in [1.29, 1.82) is 0 Å². The van der Waals surface area contributed by atoms with Gasteiger partial charge in [-0.1, -0.05) is 53.2 Å². The van der Waals surface area contributed by atoms with E-state index in [1.807, 2.05) is 48.5 Å². The number of nitrogens with one attached hydrogen (secondary N) is 1. The van der Waals surface area contributed by atoms with Crippen LogP contribution in [0.1, 0.15) is 5.56 Å². The zero-order valence-corrected chi connectivity index (χ0v) is 19.0. The van der Waals surface area contributed by atoms with Crippen molar-refractivity contribution in [1.82, 2.24) is 5.32 Å². The number of thiocarbonyl (C=S) groups is 1. The van der Waals surface area contributed by atoms with Gasteiger partial charge in [-0.25, -0.2) is 0 Å². The summed E-state index contributed by atoms with van der Waals surface area (Å²) in [5.74, 6) is -1.04. The topological polar surface area (TPSA) is 49.4 Å². The van der Waals surface area contributed by atoms with Crippen LogP contribution in [0.2, 0.25) is 10.0 Å². The van der Waals surface area contributed by atoms with E-state index in [0.717, 1.165) is 15.4 Å². The molecule has 3 aromatic carbocycles. The fourth-order valence-corrected chi connectivity index (χ4v) is 4.35. The lowest BCUT2D eigenvalue weighted by atomic mass is 10.1. The normalized spacial score (nSPS) is 15.4. The van der Waals surface area contributed by atoms with Gasteiger partial charge >= 0.3 is 0 Å². The predicted octanol–water partition coefficient (Wildman–Crippen LogP) is 5.98. The van der Waals surface area contributed by atoms with E-state index < -0.39 is 11.8 Å². The number of nitrogens with zero attached hydrogens (tertiary/aromatic N) is 1. The molecule has 31 heavy (non-hydrogen) atoms. The highest BCUT2D eigenvalue weighted by Crippen LogP contribution is 2.29. The van der Waals surface area contributed by atoms with Gasteiger partial charge in [0.2, 0.25) is 0 Å². The molecule has 4 nitrogen and oxygen atoms in total. The molecule has 0 spiro atoms. The number of amides is 2. The van der Waals surface area contributed by atoms with Crippen molar-refractivity contribution in [3.63, 3.8) is 0 Å². The summed E-state index contributed by atoms with van der Waals surface area (Å²) in [6.07, 6.45) is 1.55. The first kappa shape index (κ1) is 21.6. The Labute approximate surface area is 198 Å². The van der Waals surface area contributed by atoms with E-state index in [0.29, 0.717) is 15.7 Å². The van der Waals surface area contributed by atoms with Crippen LogP contribution in [0.5, 0.6) is 0 Å². The molecule has 0 bridgehead atoms. The third-order valence-electron chi connectivity index (χ3n) is 4.41. The smallest absolute Gasteiger partial charge is 0.270 e. The number of anilines is 1. The molecule has 2 amide bonds. The van der Waals surface area contributed by atoms with Crippen molar-refractivity contribution in [2.75, 3.05) is 4.90 Å². The first-order valence-corrected chi connectivity index (χ1v) is 11.1. The summed E-state index contributed by atoms with van der Waals surface area (Å²) >= 11 is 18.8. The standard InChI is InChI=1S/C23H14Cl2N2O2S2/c24-15-6-10-19(11-7-15)31-18-8-4-14(5-9-18)12-20-21(28)26-23(30)27(22(20)29)17-3-1-2-16(25)13-17/h1-13H,(H,26,28,30)/b20-12+. The van der Waals surface area contributed by atoms with Gasteiger partial charge in [-0.15, -0.1) is 0 Å². The molecule has 0 unspecified atom stereocenters. The van der Waals surface area contributed by atoms with Crippen molar-refractivity contribution in [3.8, 4) is 0 Å². The van der Waals surface area contributed by atoms with Crippen LogP contribution in [0.4, 0.5) is 5.69 Å². The summed E-state index contributed by atoms with van der Waals surface area (Å²) in [5.41, 5.74) is 1.20. The summed E-state index contributed by atoms with van der Waals surface area (Å²) < 4.78 is 0. The first-order chi connectivity index (χ1) is 14.9. The molecule has 0 radical (unpaired) electrons. The molecule has 0 atom stereocenters.